The van der Waals surface area contributed by atoms with Crippen LogP contribution in [0.5, 0.6) is 0 Å². The summed E-state index contributed by atoms with van der Waals surface area (Å²) >= 11 is 0. The summed E-state index contributed by atoms with van der Waals surface area (Å²) in [4.78, 5) is 25.1. The number of rotatable bonds is 6. The summed E-state index contributed by atoms with van der Waals surface area (Å²) in [7, 11) is 3.47. The van der Waals surface area contributed by atoms with Gasteiger partial charge < -0.3 is 10.2 Å². The summed E-state index contributed by atoms with van der Waals surface area (Å²) in [5, 5.41) is 3.58. The third-order valence-corrected chi connectivity index (χ3v) is 8.50. The minimum absolute atomic E-state index is 0.0578. The van der Waals surface area contributed by atoms with Crippen LogP contribution in [0.4, 0.5) is 19.3 Å². The molecule has 1 saturated heterocycles. The Kier molecular flexibility index (Phi) is 6.09. The molecule has 2 saturated carbocycles. The van der Waals surface area contributed by atoms with Crippen molar-refractivity contribution >= 4 is 21.0 Å². The lowest BCUT2D eigenvalue weighted by molar-refractivity contribution is 0.0592. The van der Waals surface area contributed by atoms with Crippen molar-refractivity contribution in [3.8, 4) is 0 Å². The molecule has 3 fully saturated rings. The fourth-order valence-electron chi connectivity index (χ4n) is 5.85. The number of aromatic nitrogens is 2. The van der Waals surface area contributed by atoms with E-state index in [2.05, 4.69) is 44.5 Å². The van der Waals surface area contributed by atoms with Gasteiger partial charge in [0, 0.05) is 12.1 Å². The molecule has 34 heavy (non-hydrogen) atoms. The summed E-state index contributed by atoms with van der Waals surface area (Å²) < 4.78 is 27.1. The molecule has 3 aliphatic rings. The Hall–Kier alpha value is -2.18. The quantitative estimate of drug-likeness (QED) is 0.591. The number of amides is 2. The molecule has 5 rings (SSSR count). The van der Waals surface area contributed by atoms with E-state index in [1.165, 1.54) is 33.6 Å². The maximum atomic E-state index is 13.7. The van der Waals surface area contributed by atoms with Crippen LogP contribution >= 0.6 is 9.24 Å². The van der Waals surface area contributed by atoms with Gasteiger partial charge in [-0.2, -0.15) is 8.78 Å². The highest BCUT2D eigenvalue weighted by atomic mass is 31.0. The molecule has 2 aromatic rings. The van der Waals surface area contributed by atoms with Crippen LogP contribution in [0.2, 0.25) is 0 Å². The van der Waals surface area contributed by atoms with E-state index in [-0.39, 0.29) is 17.1 Å². The van der Waals surface area contributed by atoms with Gasteiger partial charge in [-0.3, -0.25) is 4.90 Å². The molecule has 0 bridgehead atoms. The molecule has 182 valence electrons. The van der Waals surface area contributed by atoms with E-state index in [1.807, 2.05) is 13.1 Å². The number of urea groups is 1. The molecule has 9 heteroatoms. The fraction of sp³-hybridized carbons (Fsp3) is 0.560. The van der Waals surface area contributed by atoms with Gasteiger partial charge in [0.15, 0.2) is 0 Å². The van der Waals surface area contributed by atoms with Crippen LogP contribution in [0.15, 0.2) is 42.7 Å². The van der Waals surface area contributed by atoms with Crippen molar-refractivity contribution in [2.75, 3.05) is 25.0 Å². The Morgan fingerprint density at radius 3 is 2.29 bits per heavy atom. The number of carbonyl (C=O) groups is 1. The molecule has 0 radical (unpaired) electrons. The van der Waals surface area contributed by atoms with Crippen molar-refractivity contribution in [3.63, 3.8) is 0 Å². The van der Waals surface area contributed by atoms with E-state index < -0.39 is 11.5 Å². The van der Waals surface area contributed by atoms with Gasteiger partial charge in [-0.05, 0) is 57.1 Å². The number of nitrogens with one attached hydrogen (secondary N) is 1. The minimum Gasteiger partial charge on any atom is -0.317 e. The summed E-state index contributed by atoms with van der Waals surface area (Å²) in [5.74, 6) is -0.0198. The van der Waals surface area contributed by atoms with Gasteiger partial charge in [0.25, 0.3) is 0 Å². The topological polar surface area (TPSA) is 61.4 Å². The number of halogens is 2. The van der Waals surface area contributed by atoms with Crippen molar-refractivity contribution in [2.24, 2.45) is 5.92 Å². The Morgan fingerprint density at radius 1 is 1.12 bits per heavy atom. The number of hydrogen-bond acceptors (Lipinski definition) is 4. The molecule has 1 aromatic heterocycles. The average molecular weight is 488 g/mol. The smallest absolute Gasteiger partial charge is 0.317 e. The predicted molar refractivity (Wildman–Crippen MR) is 131 cm³/mol. The van der Waals surface area contributed by atoms with Crippen molar-refractivity contribution < 1.29 is 13.6 Å². The molecule has 1 atom stereocenters. The van der Waals surface area contributed by atoms with E-state index in [0.717, 1.165) is 45.1 Å². The summed E-state index contributed by atoms with van der Waals surface area (Å²) in [6.45, 7) is 1.29. The van der Waals surface area contributed by atoms with Gasteiger partial charge in [-0.1, -0.05) is 46.0 Å². The van der Waals surface area contributed by atoms with Crippen LogP contribution < -0.4 is 10.2 Å². The second-order valence-electron chi connectivity index (χ2n) is 10.1. The van der Waals surface area contributed by atoms with Gasteiger partial charge in [-0.25, -0.2) is 14.8 Å². The molecule has 1 aliphatic heterocycles. The summed E-state index contributed by atoms with van der Waals surface area (Å²) in [6, 6.07) is 10.5. The third kappa shape index (κ3) is 4.09. The summed E-state index contributed by atoms with van der Waals surface area (Å²) in [6.07, 6.45) is 9.83. The molecule has 1 N–H and O–H groups in total. The van der Waals surface area contributed by atoms with Gasteiger partial charge in [-0.15, -0.1) is 0 Å². The molecular formula is C25H32F2N5OP. The predicted octanol–water partition coefficient (Wildman–Crippen LogP) is 4.87. The van der Waals surface area contributed by atoms with Crippen LogP contribution in [-0.4, -0.2) is 46.6 Å². The largest absolute Gasteiger partial charge is 0.325 e. The molecule has 2 aliphatic carbocycles. The van der Waals surface area contributed by atoms with Gasteiger partial charge in [0.2, 0.25) is 5.82 Å². The lowest BCUT2D eigenvalue weighted by Crippen LogP contribution is -2.56. The number of nitrogens with zero attached hydrogens (tertiary/aromatic N) is 4. The lowest BCUT2D eigenvalue weighted by atomic mass is 9.68. The van der Waals surface area contributed by atoms with E-state index in [9.17, 15) is 13.6 Å². The zero-order valence-electron chi connectivity index (χ0n) is 19.5. The first-order valence-electron chi connectivity index (χ1n) is 12.1. The number of anilines is 1. The highest BCUT2D eigenvalue weighted by Gasteiger charge is 2.54. The molecule has 2 amide bonds. The Morgan fingerprint density at radius 2 is 1.76 bits per heavy atom. The molecular weight excluding hydrogens is 455 g/mol. The molecule has 6 nitrogen and oxygen atoms in total. The monoisotopic (exact) mass is 487 g/mol. The van der Waals surface area contributed by atoms with Crippen molar-refractivity contribution in [2.45, 2.75) is 61.7 Å². The van der Waals surface area contributed by atoms with Crippen LogP contribution in [0, 0.1) is 5.92 Å². The molecule has 1 aromatic carbocycles. The Balaban J connectivity index is 1.42. The fourth-order valence-corrected chi connectivity index (χ4v) is 6.00. The average Bonchev–Trinajstić information content (AvgIpc) is 3.08. The van der Waals surface area contributed by atoms with Crippen LogP contribution in [0.25, 0.3) is 0 Å². The van der Waals surface area contributed by atoms with E-state index >= 15 is 0 Å². The number of benzene rings is 1. The number of hydrogen-bond donors (Lipinski definition) is 1. The second kappa shape index (κ2) is 8.80. The molecule has 1 spiro atoms. The van der Waals surface area contributed by atoms with E-state index in [4.69, 9.17) is 0 Å². The van der Waals surface area contributed by atoms with Crippen molar-refractivity contribution in [1.29, 1.82) is 0 Å². The van der Waals surface area contributed by atoms with Crippen molar-refractivity contribution in [1.82, 2.24) is 20.2 Å². The van der Waals surface area contributed by atoms with Crippen LogP contribution in [-0.2, 0) is 11.2 Å². The van der Waals surface area contributed by atoms with Crippen molar-refractivity contribution in [3.05, 3.63) is 54.1 Å². The highest BCUT2D eigenvalue weighted by molar-refractivity contribution is 7.17. The standard InChI is InChI=1S/C25H32F2N5OP/c1-28-24(19-8-3-2-4-9-19)12-10-23(11-13-24)17-31(22(33)32(23)16-18-6-5-7-18)20-14-29-21(30-15-20)25(26,27)34/h2-4,8-9,14-15,18,28H,5-7,10-13,16-17,34H2,1H3. The maximum absolute atomic E-state index is 13.7. The Labute approximate surface area is 201 Å². The second-order valence-corrected chi connectivity index (χ2v) is 10.8. The lowest BCUT2D eigenvalue weighted by Gasteiger charge is -2.49. The number of carbonyl (C=O) groups excluding carboxylic acids is 1. The summed E-state index contributed by atoms with van der Waals surface area (Å²) in [5.41, 5.74) is -1.82. The zero-order valence-corrected chi connectivity index (χ0v) is 20.7. The minimum atomic E-state index is -3.19. The Bertz CT molecular complexity index is 1020. The van der Waals surface area contributed by atoms with Gasteiger partial charge >= 0.3 is 11.7 Å². The van der Waals surface area contributed by atoms with Gasteiger partial charge in [0.05, 0.1) is 30.2 Å². The molecule has 1 unspecified atom stereocenters. The zero-order chi connectivity index (χ0) is 24.0. The molecule has 2 heterocycles. The first-order chi connectivity index (χ1) is 16.3. The van der Waals surface area contributed by atoms with E-state index in [0.29, 0.717) is 18.2 Å². The first-order valence-corrected chi connectivity index (χ1v) is 12.7. The third-order valence-electron chi connectivity index (χ3n) is 8.24. The maximum Gasteiger partial charge on any atom is 0.325 e. The highest BCUT2D eigenvalue weighted by Crippen LogP contribution is 2.48. The SMILES string of the molecule is CNC1(c2ccccc2)CCC2(CC1)CN(c1cnc(C(F)(F)P)nc1)C(=O)N2CC1CCC1. The van der Waals surface area contributed by atoms with Crippen LogP contribution in [0.3, 0.4) is 0 Å². The van der Waals surface area contributed by atoms with Gasteiger partial charge in [0.1, 0.15) is 0 Å². The first kappa shape index (κ1) is 23.6. The normalized spacial score (nSPS) is 27.9. The number of alkyl halides is 2. The van der Waals surface area contributed by atoms with Crippen LogP contribution in [0.1, 0.15) is 56.3 Å². The van der Waals surface area contributed by atoms with E-state index in [1.54, 1.807) is 4.90 Å².